The zero-order chi connectivity index (χ0) is 0. The average Bonchev–Trinajstić information content (AvgIpc) is 0. The molecule has 0 aromatic rings. The van der Waals surface area contributed by atoms with Gasteiger partial charge in [0.05, 0.1) is 0 Å². The average molecular weight is 340 g/mol. The molecular formula is H5CuFePSnZn. The van der Waals surface area contributed by atoms with E-state index >= 15 is 0 Å². The molecule has 0 nitrogen and oxygen atoms in total. The Kier molecular flexibility index (Phi) is 257. The summed E-state index contributed by atoms with van der Waals surface area (Å²) in [7, 11) is 0. The molecule has 5 heteroatoms. The van der Waals surface area contributed by atoms with Gasteiger partial charge in [0.25, 0.3) is 0 Å². The molecule has 35 valence electrons. The Labute approximate surface area is 86.3 Å². The second kappa shape index (κ2) is 28.6. The van der Waals surface area contributed by atoms with Crippen LogP contribution < -0.4 is 0 Å². The molecule has 0 aliphatic carbocycles. The Morgan fingerprint density at radius 1 is 1.00 bits per heavy atom. The summed E-state index contributed by atoms with van der Waals surface area (Å²) >= 11 is 0. The van der Waals surface area contributed by atoms with Crippen LogP contribution in [0, 0.1) is 0 Å². The molecule has 0 aromatic carbocycles. The predicted octanol–water partition coefficient (Wildman–Crippen LogP) is -0.866. The first-order chi connectivity index (χ1) is 0. The second-order valence-corrected chi connectivity index (χ2v) is 0. The minimum absolute atomic E-state index is 0. The molecule has 1 unspecified atom stereocenters. The van der Waals surface area contributed by atoms with Crippen LogP contribution in [0.25, 0.3) is 0 Å². The molecule has 0 saturated heterocycles. The zero-order valence-electron chi connectivity index (χ0n) is 2.78. The normalized spacial score (nSPS) is 0. The summed E-state index contributed by atoms with van der Waals surface area (Å²) in [5.74, 6) is 0. The van der Waals surface area contributed by atoms with Crippen LogP contribution >= 0.6 is 9.90 Å². The summed E-state index contributed by atoms with van der Waals surface area (Å²) in [6.45, 7) is 0. The van der Waals surface area contributed by atoms with Crippen molar-refractivity contribution >= 4 is 33.8 Å². The van der Waals surface area contributed by atoms with E-state index in [1.54, 1.807) is 0 Å². The van der Waals surface area contributed by atoms with Crippen molar-refractivity contribution in [1.29, 1.82) is 0 Å². The van der Waals surface area contributed by atoms with Crippen molar-refractivity contribution in [2.75, 3.05) is 0 Å². The van der Waals surface area contributed by atoms with Crippen LogP contribution in [0.15, 0.2) is 0 Å². The van der Waals surface area contributed by atoms with E-state index in [4.69, 9.17) is 0 Å². The third kappa shape index (κ3) is 19.7. The van der Waals surface area contributed by atoms with Crippen molar-refractivity contribution in [3.8, 4) is 0 Å². The number of hydrogen-bond acceptors (Lipinski definition) is 0. The maximum absolute atomic E-state index is 0. The SMILES string of the molecule is P.[Cu].[Fe].[SnH2].[Zn]. The van der Waals surface area contributed by atoms with E-state index in [1.165, 1.54) is 0 Å². The van der Waals surface area contributed by atoms with E-state index in [9.17, 15) is 0 Å². The Bertz CT molecular complexity index is 11.6. The molecule has 0 amide bonds. The van der Waals surface area contributed by atoms with Crippen LogP contribution in [0.3, 0.4) is 0 Å². The van der Waals surface area contributed by atoms with E-state index in [-0.39, 0.29) is 87.4 Å². The summed E-state index contributed by atoms with van der Waals surface area (Å²) in [4.78, 5) is 0. The van der Waals surface area contributed by atoms with Crippen LogP contribution in [0.4, 0.5) is 0 Å². The van der Waals surface area contributed by atoms with Gasteiger partial charge in [-0.2, -0.15) is 9.90 Å². The molecule has 0 fully saturated rings. The van der Waals surface area contributed by atoms with E-state index in [0.29, 0.717) is 0 Å². The molecule has 0 spiro atoms. The fraction of sp³-hybridized carbons (Fsp3) is 0. The zero-order valence-corrected chi connectivity index (χ0v) is 13.2. The molecule has 0 aliphatic heterocycles. The van der Waals surface area contributed by atoms with Gasteiger partial charge in [0, 0.05) is 53.6 Å². The Balaban J connectivity index is 0. The molecule has 0 N–H and O–H groups in total. The van der Waals surface area contributed by atoms with Gasteiger partial charge in [-0.25, -0.2) is 0 Å². The van der Waals surface area contributed by atoms with E-state index in [2.05, 4.69) is 0 Å². The fourth-order valence-corrected chi connectivity index (χ4v) is 0. The van der Waals surface area contributed by atoms with Crippen LogP contribution in [0.2, 0.25) is 0 Å². The summed E-state index contributed by atoms with van der Waals surface area (Å²) in [5, 5.41) is 0. The Morgan fingerprint density at radius 2 is 1.00 bits per heavy atom. The van der Waals surface area contributed by atoms with E-state index in [1.807, 2.05) is 0 Å². The third-order valence-corrected chi connectivity index (χ3v) is 0. The van der Waals surface area contributed by atoms with Gasteiger partial charge in [-0.15, -0.1) is 0 Å². The van der Waals surface area contributed by atoms with Gasteiger partial charge in [-0.05, 0) is 0 Å². The molecule has 3 radical (unpaired) electrons. The summed E-state index contributed by atoms with van der Waals surface area (Å²) in [6.07, 6.45) is 0. The van der Waals surface area contributed by atoms with E-state index in [0.717, 1.165) is 0 Å². The number of hydrogen-bond donors (Lipinski definition) is 0. The first-order valence-electron chi connectivity index (χ1n) is 0. The molecule has 0 bridgehead atoms. The maximum Gasteiger partial charge on any atom is 0 e. The minimum atomic E-state index is 0. The Hall–Kier alpha value is 2.89. The van der Waals surface area contributed by atoms with Crippen molar-refractivity contribution in [2.24, 2.45) is 0 Å². The minimum Gasteiger partial charge on any atom is 0 e. The molecule has 0 saturated carbocycles. The first-order valence-corrected chi connectivity index (χ1v) is 0. The van der Waals surface area contributed by atoms with Crippen molar-refractivity contribution < 1.29 is 53.6 Å². The topological polar surface area (TPSA) is 0 Å². The Morgan fingerprint density at radius 3 is 1.00 bits per heavy atom. The smallest absolute Gasteiger partial charge is 0 e. The summed E-state index contributed by atoms with van der Waals surface area (Å²) in [5.41, 5.74) is 0. The predicted molar refractivity (Wildman–Crippen MR) is 19.6 cm³/mol. The van der Waals surface area contributed by atoms with Crippen molar-refractivity contribution in [2.45, 2.75) is 0 Å². The van der Waals surface area contributed by atoms with Gasteiger partial charge < -0.3 is 0 Å². The van der Waals surface area contributed by atoms with Crippen LogP contribution in [0.5, 0.6) is 0 Å². The first kappa shape index (κ1) is 44.8. The third-order valence-electron chi connectivity index (χ3n) is 0. The van der Waals surface area contributed by atoms with E-state index < -0.39 is 0 Å². The van der Waals surface area contributed by atoms with Crippen LogP contribution in [-0.2, 0) is 53.6 Å². The second-order valence-electron chi connectivity index (χ2n) is 0. The molecule has 0 rings (SSSR count). The fourth-order valence-electron chi connectivity index (χ4n) is 0. The molecule has 0 aliphatic rings. The maximum atomic E-state index is 0. The number of rotatable bonds is 0. The van der Waals surface area contributed by atoms with Gasteiger partial charge in [-0.3, -0.25) is 0 Å². The van der Waals surface area contributed by atoms with Crippen LogP contribution in [-0.4, -0.2) is 23.9 Å². The quantitative estimate of drug-likeness (QED) is 0.398. The molecule has 0 heterocycles. The largest absolute Gasteiger partial charge is 0 e. The molecule has 5 heavy (non-hydrogen) atoms. The summed E-state index contributed by atoms with van der Waals surface area (Å²) < 4.78 is 0. The molecule has 1 atom stereocenters. The van der Waals surface area contributed by atoms with Crippen molar-refractivity contribution in [1.82, 2.24) is 0 Å². The van der Waals surface area contributed by atoms with Gasteiger partial charge in [0.1, 0.15) is 0 Å². The van der Waals surface area contributed by atoms with Crippen molar-refractivity contribution in [3.63, 3.8) is 0 Å². The van der Waals surface area contributed by atoms with Crippen LogP contribution in [0.1, 0.15) is 0 Å². The monoisotopic (exact) mass is 339 g/mol. The summed E-state index contributed by atoms with van der Waals surface area (Å²) in [6, 6.07) is 0. The van der Waals surface area contributed by atoms with Gasteiger partial charge in [0.2, 0.25) is 0 Å². The molecular weight excluding hydrogens is 334 g/mol. The van der Waals surface area contributed by atoms with Crippen molar-refractivity contribution in [3.05, 3.63) is 0 Å². The van der Waals surface area contributed by atoms with Gasteiger partial charge in [0.15, 0.2) is 0 Å². The van der Waals surface area contributed by atoms with Gasteiger partial charge >= 0.3 is 23.9 Å². The van der Waals surface area contributed by atoms with Gasteiger partial charge in [-0.1, -0.05) is 0 Å². The standard InChI is InChI=1S/Cu.Fe.H3P.Sn.Zn.2H/h;;1H3;;;;. The molecule has 0 aromatic heterocycles.